The summed E-state index contributed by atoms with van der Waals surface area (Å²) >= 11 is 0. The molecule has 0 radical (unpaired) electrons. The molecule has 1 aromatic carbocycles. The third-order valence-electron chi connectivity index (χ3n) is 2.43. The van der Waals surface area contributed by atoms with Crippen LogP contribution in [0.3, 0.4) is 0 Å². The van der Waals surface area contributed by atoms with Gasteiger partial charge in [0.1, 0.15) is 6.54 Å². The van der Waals surface area contributed by atoms with Gasteiger partial charge in [0.05, 0.1) is 0 Å². The third-order valence-corrected chi connectivity index (χ3v) is 2.43. The Bertz CT molecular complexity index is 415. The van der Waals surface area contributed by atoms with Crippen molar-refractivity contribution in [3.8, 4) is 0 Å². The second kappa shape index (κ2) is 3.73. The fraction of sp³-hybridized carbons (Fsp3) is 0.273. The Kier molecular flexibility index (Phi) is 2.41. The molecule has 4 heteroatoms. The van der Waals surface area contributed by atoms with Crippen LogP contribution in [0.5, 0.6) is 0 Å². The summed E-state index contributed by atoms with van der Waals surface area (Å²) in [4.78, 5) is 24.2. The Morgan fingerprint density at radius 3 is 2.80 bits per heavy atom. The lowest BCUT2D eigenvalue weighted by molar-refractivity contribution is -0.133. The topological polar surface area (TPSA) is 49.4 Å². The average molecular weight is 204 g/mol. The highest BCUT2D eigenvalue weighted by Crippen LogP contribution is 2.19. The number of hydrogen-bond donors (Lipinski definition) is 1. The van der Waals surface area contributed by atoms with E-state index >= 15 is 0 Å². The van der Waals surface area contributed by atoms with Gasteiger partial charge in [0, 0.05) is 19.2 Å². The van der Waals surface area contributed by atoms with Crippen molar-refractivity contribution in [1.29, 1.82) is 0 Å². The molecule has 1 aliphatic rings. The summed E-state index contributed by atoms with van der Waals surface area (Å²) in [6.07, 6.45) is 0. The Morgan fingerprint density at radius 1 is 1.33 bits per heavy atom. The molecule has 0 aromatic heterocycles. The number of hydrogen-bond acceptors (Lipinski definition) is 2. The maximum absolute atomic E-state index is 11.5. The number of rotatable bonds is 0. The van der Waals surface area contributed by atoms with E-state index in [1.807, 2.05) is 24.3 Å². The lowest BCUT2D eigenvalue weighted by Gasteiger charge is -2.16. The van der Waals surface area contributed by atoms with Crippen molar-refractivity contribution < 1.29 is 9.59 Å². The smallest absolute Gasteiger partial charge is 0.244 e. The molecule has 2 amide bonds. The molecule has 0 bridgehead atoms. The van der Waals surface area contributed by atoms with Crippen LogP contribution in [-0.4, -0.2) is 23.3 Å². The van der Waals surface area contributed by atoms with Gasteiger partial charge in [-0.1, -0.05) is 18.2 Å². The van der Waals surface area contributed by atoms with Gasteiger partial charge in [0.15, 0.2) is 0 Å². The third kappa shape index (κ3) is 1.98. The standard InChI is InChI=1S/C11H12N2O2/c1-8(14)13-6-9-4-2-3-5-10(9)12-11(15)7-13/h2-5H,6-7H2,1H3,(H,12,15). The van der Waals surface area contributed by atoms with E-state index in [0.29, 0.717) is 6.54 Å². The Morgan fingerprint density at radius 2 is 2.07 bits per heavy atom. The molecule has 2 rings (SSSR count). The van der Waals surface area contributed by atoms with Crippen LogP contribution in [0.25, 0.3) is 0 Å². The summed E-state index contributed by atoms with van der Waals surface area (Å²) in [7, 11) is 0. The number of amides is 2. The summed E-state index contributed by atoms with van der Waals surface area (Å²) in [6.45, 7) is 2.09. The molecule has 0 atom stereocenters. The Labute approximate surface area is 87.9 Å². The zero-order chi connectivity index (χ0) is 10.8. The Hall–Kier alpha value is -1.84. The molecule has 0 fully saturated rings. The maximum Gasteiger partial charge on any atom is 0.244 e. The molecule has 4 nitrogen and oxygen atoms in total. The second-order valence-corrected chi connectivity index (χ2v) is 3.58. The van der Waals surface area contributed by atoms with E-state index in [0.717, 1.165) is 11.3 Å². The molecular formula is C11H12N2O2. The summed E-state index contributed by atoms with van der Waals surface area (Å²) < 4.78 is 0. The van der Waals surface area contributed by atoms with Crippen molar-refractivity contribution in [2.24, 2.45) is 0 Å². The molecule has 0 unspecified atom stereocenters. The highest BCUT2D eigenvalue weighted by Gasteiger charge is 2.20. The Balaban J connectivity index is 2.35. The van der Waals surface area contributed by atoms with E-state index in [1.54, 1.807) is 0 Å². The number of carbonyl (C=O) groups excluding carboxylic acids is 2. The van der Waals surface area contributed by atoms with Crippen LogP contribution in [0.15, 0.2) is 24.3 Å². The molecule has 1 heterocycles. The van der Waals surface area contributed by atoms with Gasteiger partial charge < -0.3 is 10.2 Å². The van der Waals surface area contributed by atoms with Gasteiger partial charge in [0.2, 0.25) is 11.8 Å². The van der Waals surface area contributed by atoms with Gasteiger partial charge in [-0.3, -0.25) is 9.59 Å². The minimum atomic E-state index is -0.143. The fourth-order valence-corrected chi connectivity index (χ4v) is 1.63. The van der Waals surface area contributed by atoms with Crippen LogP contribution < -0.4 is 5.32 Å². The van der Waals surface area contributed by atoms with Crippen molar-refractivity contribution >= 4 is 17.5 Å². The predicted molar refractivity (Wildman–Crippen MR) is 56.2 cm³/mol. The fourth-order valence-electron chi connectivity index (χ4n) is 1.63. The van der Waals surface area contributed by atoms with Gasteiger partial charge in [-0.05, 0) is 11.6 Å². The minimum Gasteiger partial charge on any atom is -0.329 e. The molecule has 1 aliphatic heterocycles. The minimum absolute atomic E-state index is 0.0816. The van der Waals surface area contributed by atoms with E-state index in [4.69, 9.17) is 0 Å². The normalized spacial score (nSPS) is 15.3. The van der Waals surface area contributed by atoms with Crippen LogP contribution in [0.4, 0.5) is 5.69 Å². The van der Waals surface area contributed by atoms with Gasteiger partial charge >= 0.3 is 0 Å². The molecule has 0 spiro atoms. The van der Waals surface area contributed by atoms with Gasteiger partial charge in [-0.25, -0.2) is 0 Å². The molecular weight excluding hydrogens is 192 g/mol. The zero-order valence-corrected chi connectivity index (χ0v) is 8.49. The molecule has 1 N–H and O–H groups in total. The van der Waals surface area contributed by atoms with Crippen LogP contribution in [-0.2, 0) is 16.1 Å². The van der Waals surface area contributed by atoms with Crippen molar-refractivity contribution in [2.45, 2.75) is 13.5 Å². The van der Waals surface area contributed by atoms with Crippen LogP contribution in [0, 0.1) is 0 Å². The molecule has 0 saturated carbocycles. The first-order chi connectivity index (χ1) is 7.16. The number of nitrogens with one attached hydrogen (secondary N) is 1. The van der Waals surface area contributed by atoms with Crippen LogP contribution in [0.1, 0.15) is 12.5 Å². The van der Waals surface area contributed by atoms with E-state index in [9.17, 15) is 9.59 Å². The first-order valence-electron chi connectivity index (χ1n) is 4.80. The van der Waals surface area contributed by atoms with Crippen molar-refractivity contribution in [2.75, 3.05) is 11.9 Å². The predicted octanol–water partition coefficient (Wildman–Crippen LogP) is 0.987. The molecule has 78 valence electrons. The number of carbonyl (C=O) groups is 2. The maximum atomic E-state index is 11.5. The largest absolute Gasteiger partial charge is 0.329 e. The summed E-state index contributed by atoms with van der Waals surface area (Å²) in [6, 6.07) is 7.52. The highest BCUT2D eigenvalue weighted by molar-refractivity contribution is 5.95. The lowest BCUT2D eigenvalue weighted by atomic mass is 10.2. The van der Waals surface area contributed by atoms with Crippen molar-refractivity contribution in [1.82, 2.24) is 4.90 Å². The van der Waals surface area contributed by atoms with Gasteiger partial charge in [0.25, 0.3) is 0 Å². The monoisotopic (exact) mass is 204 g/mol. The van der Waals surface area contributed by atoms with E-state index in [1.165, 1.54) is 11.8 Å². The number of anilines is 1. The molecule has 0 saturated heterocycles. The number of nitrogens with zero attached hydrogens (tertiary/aromatic N) is 1. The first kappa shape index (κ1) is 9.71. The van der Waals surface area contributed by atoms with Crippen molar-refractivity contribution in [3.63, 3.8) is 0 Å². The molecule has 1 aromatic rings. The first-order valence-corrected chi connectivity index (χ1v) is 4.80. The average Bonchev–Trinajstić information content (AvgIpc) is 2.35. The van der Waals surface area contributed by atoms with E-state index in [2.05, 4.69) is 5.32 Å². The SMILES string of the molecule is CC(=O)N1CC(=O)Nc2ccccc2C1. The van der Waals surface area contributed by atoms with Crippen LogP contribution >= 0.6 is 0 Å². The van der Waals surface area contributed by atoms with E-state index in [-0.39, 0.29) is 18.4 Å². The number of benzene rings is 1. The molecule has 15 heavy (non-hydrogen) atoms. The van der Waals surface area contributed by atoms with Crippen LogP contribution in [0.2, 0.25) is 0 Å². The highest BCUT2D eigenvalue weighted by atomic mass is 16.2. The summed E-state index contributed by atoms with van der Waals surface area (Å²) in [5.74, 6) is -0.225. The summed E-state index contributed by atoms with van der Waals surface area (Å²) in [5, 5.41) is 2.77. The summed E-state index contributed by atoms with van der Waals surface area (Å²) in [5.41, 5.74) is 1.77. The zero-order valence-electron chi connectivity index (χ0n) is 8.49. The van der Waals surface area contributed by atoms with Gasteiger partial charge in [-0.15, -0.1) is 0 Å². The number of fused-ring (bicyclic) bond motifs is 1. The van der Waals surface area contributed by atoms with Gasteiger partial charge in [-0.2, -0.15) is 0 Å². The van der Waals surface area contributed by atoms with Crippen molar-refractivity contribution in [3.05, 3.63) is 29.8 Å². The second-order valence-electron chi connectivity index (χ2n) is 3.58. The lowest BCUT2D eigenvalue weighted by Crippen LogP contribution is -2.33. The quantitative estimate of drug-likeness (QED) is 0.685. The molecule has 0 aliphatic carbocycles. The number of para-hydroxylation sites is 1. The van der Waals surface area contributed by atoms with E-state index < -0.39 is 0 Å².